The zero-order valence-corrected chi connectivity index (χ0v) is 9.70. The molecule has 0 radical (unpaired) electrons. The van der Waals surface area contributed by atoms with Gasteiger partial charge in [-0.25, -0.2) is 4.31 Å². The Labute approximate surface area is 99.2 Å². The van der Waals surface area contributed by atoms with Gasteiger partial charge in [-0.3, -0.25) is 9.52 Å². The molecule has 4 nitrogen and oxygen atoms in total. The van der Waals surface area contributed by atoms with Gasteiger partial charge in [0.15, 0.2) is 0 Å². The lowest BCUT2D eigenvalue weighted by molar-refractivity contribution is 0.0765. The maximum Gasteiger partial charge on any atom is 0.262 e. The van der Waals surface area contributed by atoms with Gasteiger partial charge in [0.2, 0.25) is 0 Å². The molecule has 0 atom stereocenters. The summed E-state index contributed by atoms with van der Waals surface area (Å²) in [4.78, 5) is 11.7. The molecule has 1 heterocycles. The zero-order valence-electron chi connectivity index (χ0n) is 8.89. The van der Waals surface area contributed by atoms with Crippen molar-refractivity contribution in [3.05, 3.63) is 35.9 Å². The summed E-state index contributed by atoms with van der Waals surface area (Å²) in [7, 11) is 0. The van der Waals surface area contributed by atoms with Crippen molar-refractivity contribution in [3.63, 3.8) is 0 Å². The number of amides is 1. The van der Waals surface area contributed by atoms with Crippen molar-refractivity contribution in [1.82, 2.24) is 9.03 Å². The summed E-state index contributed by atoms with van der Waals surface area (Å²) in [5.41, 5.74) is 0.684. The number of morpholine rings is 1. The van der Waals surface area contributed by atoms with Crippen LogP contribution in [0.2, 0.25) is 0 Å². The molecular weight excluding hydrogens is 224 g/mol. The number of benzene rings is 1. The van der Waals surface area contributed by atoms with E-state index in [1.54, 1.807) is 12.1 Å². The first kappa shape index (κ1) is 11.4. The summed E-state index contributed by atoms with van der Waals surface area (Å²) >= 11 is 1.35. The van der Waals surface area contributed by atoms with Crippen molar-refractivity contribution in [2.75, 3.05) is 26.3 Å². The molecule has 0 spiro atoms. The minimum absolute atomic E-state index is 0.0582. The normalized spacial score (nSPS) is 17.0. The number of nitrogens with zero attached hydrogens (tertiary/aromatic N) is 1. The molecule has 0 bridgehead atoms. The topological polar surface area (TPSA) is 41.6 Å². The van der Waals surface area contributed by atoms with Gasteiger partial charge < -0.3 is 4.74 Å². The molecule has 1 N–H and O–H groups in total. The third kappa shape index (κ3) is 3.23. The van der Waals surface area contributed by atoms with Gasteiger partial charge >= 0.3 is 0 Å². The molecule has 0 aromatic heterocycles. The van der Waals surface area contributed by atoms with E-state index in [-0.39, 0.29) is 5.91 Å². The molecule has 16 heavy (non-hydrogen) atoms. The van der Waals surface area contributed by atoms with Gasteiger partial charge in [0.05, 0.1) is 13.2 Å². The van der Waals surface area contributed by atoms with E-state index in [1.807, 2.05) is 18.2 Å². The Kier molecular flexibility index (Phi) is 4.21. The summed E-state index contributed by atoms with van der Waals surface area (Å²) in [6.45, 7) is 3.15. The standard InChI is InChI=1S/C11H14N2O2S/c14-11(10-4-2-1-3-5-10)12-16-13-6-8-15-9-7-13/h1-5H,6-9H2,(H,12,14). The minimum atomic E-state index is -0.0582. The van der Waals surface area contributed by atoms with Gasteiger partial charge in [0, 0.05) is 30.8 Å². The molecule has 0 aliphatic carbocycles. The fourth-order valence-electron chi connectivity index (χ4n) is 1.39. The van der Waals surface area contributed by atoms with Crippen molar-refractivity contribution in [2.24, 2.45) is 0 Å². The lowest BCUT2D eigenvalue weighted by Gasteiger charge is -2.24. The highest BCUT2D eigenvalue weighted by Crippen LogP contribution is 2.09. The van der Waals surface area contributed by atoms with Crippen molar-refractivity contribution < 1.29 is 9.53 Å². The summed E-state index contributed by atoms with van der Waals surface area (Å²) in [5, 5.41) is 0. The van der Waals surface area contributed by atoms with Gasteiger partial charge in [-0.05, 0) is 12.1 Å². The molecule has 2 rings (SSSR count). The largest absolute Gasteiger partial charge is 0.379 e. The average molecular weight is 238 g/mol. The van der Waals surface area contributed by atoms with Crippen LogP contribution in [0.5, 0.6) is 0 Å². The SMILES string of the molecule is O=C(NSN1CCOCC1)c1ccccc1. The van der Waals surface area contributed by atoms with Crippen LogP contribution in [0, 0.1) is 0 Å². The fraction of sp³-hybridized carbons (Fsp3) is 0.364. The quantitative estimate of drug-likeness (QED) is 0.806. The van der Waals surface area contributed by atoms with Gasteiger partial charge in [0.1, 0.15) is 0 Å². The number of ether oxygens (including phenoxy) is 1. The fourth-order valence-corrected chi connectivity index (χ4v) is 2.05. The molecule has 0 saturated carbocycles. The van der Waals surface area contributed by atoms with Crippen molar-refractivity contribution in [1.29, 1.82) is 0 Å². The second-order valence-corrected chi connectivity index (χ2v) is 4.33. The third-order valence-electron chi connectivity index (χ3n) is 2.27. The van der Waals surface area contributed by atoms with E-state index in [0.29, 0.717) is 5.56 Å². The molecule has 1 fully saturated rings. The van der Waals surface area contributed by atoms with E-state index in [1.165, 1.54) is 12.1 Å². The van der Waals surface area contributed by atoms with Gasteiger partial charge in [-0.2, -0.15) is 0 Å². The summed E-state index contributed by atoms with van der Waals surface area (Å²) in [6, 6.07) is 9.21. The maximum atomic E-state index is 11.7. The zero-order chi connectivity index (χ0) is 11.2. The first-order valence-electron chi connectivity index (χ1n) is 5.21. The lowest BCUT2D eigenvalue weighted by Crippen LogP contribution is -2.34. The molecule has 1 amide bonds. The van der Waals surface area contributed by atoms with Crippen LogP contribution in [0.4, 0.5) is 0 Å². The van der Waals surface area contributed by atoms with Crippen LogP contribution in [0.1, 0.15) is 10.4 Å². The number of nitrogens with one attached hydrogen (secondary N) is 1. The van der Waals surface area contributed by atoms with Gasteiger partial charge in [-0.15, -0.1) is 0 Å². The van der Waals surface area contributed by atoms with Crippen LogP contribution < -0.4 is 4.72 Å². The minimum Gasteiger partial charge on any atom is -0.379 e. The van der Waals surface area contributed by atoms with Crippen molar-refractivity contribution >= 4 is 18.0 Å². The van der Waals surface area contributed by atoms with E-state index in [4.69, 9.17) is 4.74 Å². The molecule has 5 heteroatoms. The number of hydrogen-bond acceptors (Lipinski definition) is 4. The van der Waals surface area contributed by atoms with E-state index < -0.39 is 0 Å². The van der Waals surface area contributed by atoms with Crippen LogP contribution in [-0.4, -0.2) is 36.5 Å². The van der Waals surface area contributed by atoms with Gasteiger partial charge in [-0.1, -0.05) is 18.2 Å². The molecule has 0 unspecified atom stereocenters. The highest BCUT2D eigenvalue weighted by molar-refractivity contribution is 7.95. The first-order valence-corrected chi connectivity index (χ1v) is 5.98. The summed E-state index contributed by atoms with van der Waals surface area (Å²) in [6.07, 6.45) is 0. The second-order valence-electron chi connectivity index (χ2n) is 3.43. The smallest absolute Gasteiger partial charge is 0.262 e. The Morgan fingerprint density at radius 1 is 1.25 bits per heavy atom. The predicted octanol–water partition coefficient (Wildman–Crippen LogP) is 1.31. The Bertz CT molecular complexity index is 339. The van der Waals surface area contributed by atoms with Crippen LogP contribution in [0.15, 0.2) is 30.3 Å². The number of carbonyl (C=O) groups is 1. The number of rotatable bonds is 3. The van der Waals surface area contributed by atoms with Crippen LogP contribution in [0.25, 0.3) is 0 Å². The first-order chi connectivity index (χ1) is 7.86. The highest BCUT2D eigenvalue weighted by Gasteiger charge is 2.12. The lowest BCUT2D eigenvalue weighted by atomic mass is 10.2. The van der Waals surface area contributed by atoms with Crippen LogP contribution in [-0.2, 0) is 4.74 Å². The molecule has 86 valence electrons. The number of hydrogen-bond donors (Lipinski definition) is 1. The Hall–Kier alpha value is -1.04. The summed E-state index contributed by atoms with van der Waals surface area (Å²) in [5.74, 6) is -0.0582. The van der Waals surface area contributed by atoms with E-state index in [9.17, 15) is 4.79 Å². The van der Waals surface area contributed by atoms with Crippen LogP contribution >= 0.6 is 12.1 Å². The monoisotopic (exact) mass is 238 g/mol. The third-order valence-corrected chi connectivity index (χ3v) is 3.17. The maximum absolute atomic E-state index is 11.7. The second kappa shape index (κ2) is 5.89. The molecule has 1 aromatic carbocycles. The highest BCUT2D eigenvalue weighted by atomic mass is 32.2. The predicted molar refractivity (Wildman–Crippen MR) is 63.9 cm³/mol. The molecular formula is C11H14N2O2S. The van der Waals surface area contributed by atoms with Gasteiger partial charge in [0.25, 0.3) is 5.91 Å². The molecule has 1 aromatic rings. The van der Waals surface area contributed by atoms with Crippen LogP contribution in [0.3, 0.4) is 0 Å². The van der Waals surface area contributed by atoms with Crippen molar-refractivity contribution in [3.8, 4) is 0 Å². The van der Waals surface area contributed by atoms with Crippen molar-refractivity contribution in [2.45, 2.75) is 0 Å². The summed E-state index contributed by atoms with van der Waals surface area (Å²) < 4.78 is 10.1. The van der Waals surface area contributed by atoms with E-state index in [0.717, 1.165) is 26.3 Å². The Morgan fingerprint density at radius 3 is 2.62 bits per heavy atom. The van der Waals surface area contributed by atoms with E-state index in [2.05, 4.69) is 9.03 Å². The Morgan fingerprint density at radius 2 is 1.94 bits per heavy atom. The molecule has 1 saturated heterocycles. The Balaban J connectivity index is 1.79. The number of carbonyl (C=O) groups excluding carboxylic acids is 1. The molecule has 1 aliphatic rings. The average Bonchev–Trinajstić information content (AvgIpc) is 2.38. The van der Waals surface area contributed by atoms with E-state index >= 15 is 0 Å². The molecule has 1 aliphatic heterocycles.